The Morgan fingerprint density at radius 3 is 2.54 bits per heavy atom. The number of anilines is 1. The lowest BCUT2D eigenvalue weighted by Crippen LogP contribution is -2.50. The van der Waals surface area contributed by atoms with Crippen molar-refractivity contribution in [2.45, 2.75) is 28.8 Å². The second-order valence-corrected chi connectivity index (χ2v) is 10.1. The molecule has 0 saturated heterocycles. The maximum absolute atomic E-state index is 12.6. The van der Waals surface area contributed by atoms with Crippen molar-refractivity contribution in [1.82, 2.24) is 4.72 Å². The van der Waals surface area contributed by atoms with Crippen LogP contribution in [0.4, 0.5) is 5.69 Å². The summed E-state index contributed by atoms with van der Waals surface area (Å²) in [5.74, 6) is 0.997. The van der Waals surface area contributed by atoms with Crippen LogP contribution in [0.1, 0.15) is 12.8 Å². The summed E-state index contributed by atoms with van der Waals surface area (Å²) in [6, 6.07) is 2.31. The zero-order valence-corrected chi connectivity index (χ0v) is 14.8. The average molecular weight is 390 g/mol. The molecule has 0 aromatic heterocycles. The average Bonchev–Trinajstić information content (AvgIpc) is 3.06. The van der Waals surface area contributed by atoms with Crippen molar-refractivity contribution < 1.29 is 16.8 Å². The van der Waals surface area contributed by atoms with Crippen molar-refractivity contribution in [2.24, 2.45) is 22.9 Å². The molecule has 7 nitrogen and oxygen atoms in total. The normalized spacial score (nSPS) is 33.2. The summed E-state index contributed by atoms with van der Waals surface area (Å²) < 4.78 is 50.9. The molecule has 24 heavy (non-hydrogen) atoms. The van der Waals surface area contributed by atoms with Crippen LogP contribution in [-0.2, 0) is 20.0 Å². The number of benzene rings is 1. The molecule has 1 fully saturated rings. The third kappa shape index (κ3) is 2.55. The van der Waals surface area contributed by atoms with Gasteiger partial charge >= 0.3 is 0 Å². The molecule has 1 aliphatic heterocycles. The van der Waals surface area contributed by atoms with Crippen LogP contribution in [0.3, 0.4) is 0 Å². The van der Waals surface area contributed by atoms with Crippen molar-refractivity contribution >= 4 is 37.3 Å². The highest BCUT2D eigenvalue weighted by molar-refractivity contribution is 7.90. The number of primary sulfonamides is 1. The Labute approximate surface area is 145 Å². The summed E-state index contributed by atoms with van der Waals surface area (Å²) in [4.78, 5) is -0.567. The van der Waals surface area contributed by atoms with Gasteiger partial charge in [0.25, 0.3) is 0 Å². The Morgan fingerprint density at radius 2 is 1.96 bits per heavy atom. The maximum Gasteiger partial charge on any atom is 0.244 e. The third-order valence-corrected chi connectivity index (χ3v) is 7.84. The number of nitrogens with two attached hydrogens (primary N) is 1. The van der Waals surface area contributed by atoms with Crippen LogP contribution in [0.5, 0.6) is 0 Å². The SMILES string of the molecule is NS(=O)(=O)c1cc2c(cc1Cl)N[C@@H]([C@H]1C[C@@H]3C=C[C@H]1C3)NS2(=O)=O. The molecular formula is C14H16ClN3O4S2. The van der Waals surface area contributed by atoms with Crippen LogP contribution in [0.2, 0.25) is 5.02 Å². The molecule has 10 heteroatoms. The minimum atomic E-state index is -4.11. The highest BCUT2D eigenvalue weighted by atomic mass is 35.5. The molecular weight excluding hydrogens is 374 g/mol. The van der Waals surface area contributed by atoms with Crippen LogP contribution in [0.25, 0.3) is 0 Å². The Balaban J connectivity index is 1.76. The highest BCUT2D eigenvalue weighted by Crippen LogP contribution is 2.46. The molecule has 1 aromatic rings. The van der Waals surface area contributed by atoms with Crippen molar-refractivity contribution in [1.29, 1.82) is 0 Å². The summed E-state index contributed by atoms with van der Waals surface area (Å²) in [5.41, 5.74) is 0.294. The molecule has 0 amide bonds. The first-order valence-electron chi connectivity index (χ1n) is 7.49. The number of fused-ring (bicyclic) bond motifs is 3. The van der Waals surface area contributed by atoms with Crippen LogP contribution >= 0.6 is 11.6 Å². The first-order chi connectivity index (χ1) is 11.1. The predicted octanol–water partition coefficient (Wildman–Crippen LogP) is 1.23. The van der Waals surface area contributed by atoms with E-state index < -0.39 is 31.1 Å². The van der Waals surface area contributed by atoms with E-state index in [2.05, 4.69) is 22.2 Å². The highest BCUT2D eigenvalue weighted by Gasteiger charge is 2.44. The molecule has 4 N–H and O–H groups in total. The van der Waals surface area contributed by atoms with Gasteiger partial charge in [0, 0.05) is 5.92 Å². The van der Waals surface area contributed by atoms with E-state index in [0.29, 0.717) is 17.5 Å². The van der Waals surface area contributed by atoms with Gasteiger partial charge in [-0.15, -0.1) is 0 Å². The van der Waals surface area contributed by atoms with Gasteiger partial charge in [0.1, 0.15) is 9.79 Å². The molecule has 0 spiro atoms. The Kier molecular flexibility index (Phi) is 3.53. The van der Waals surface area contributed by atoms with E-state index in [1.165, 1.54) is 6.07 Å². The minimum Gasteiger partial charge on any atom is -0.368 e. The summed E-state index contributed by atoms with van der Waals surface area (Å²) in [7, 11) is -7.97. The van der Waals surface area contributed by atoms with Crippen LogP contribution in [0.15, 0.2) is 34.1 Å². The lowest BCUT2D eigenvalue weighted by molar-refractivity contribution is 0.363. The lowest BCUT2D eigenvalue weighted by atomic mass is 9.91. The first kappa shape index (κ1) is 16.3. The van der Waals surface area contributed by atoms with Gasteiger partial charge in [-0.05, 0) is 36.8 Å². The molecule has 0 unspecified atom stereocenters. The largest absolute Gasteiger partial charge is 0.368 e. The van der Waals surface area contributed by atoms with E-state index in [-0.39, 0.29) is 15.8 Å². The van der Waals surface area contributed by atoms with Gasteiger partial charge in [-0.3, -0.25) is 0 Å². The number of rotatable bonds is 2. The van der Waals surface area contributed by atoms with Crippen molar-refractivity contribution in [3.05, 3.63) is 29.3 Å². The van der Waals surface area contributed by atoms with E-state index in [9.17, 15) is 16.8 Å². The second kappa shape index (κ2) is 5.18. The maximum atomic E-state index is 12.6. The Bertz CT molecular complexity index is 958. The molecule has 0 radical (unpaired) electrons. The number of hydrogen-bond acceptors (Lipinski definition) is 5. The van der Waals surface area contributed by atoms with Crippen LogP contribution in [0, 0.1) is 17.8 Å². The molecule has 4 atom stereocenters. The monoisotopic (exact) mass is 389 g/mol. The molecule has 1 heterocycles. The van der Waals surface area contributed by atoms with Gasteiger partial charge in [-0.1, -0.05) is 23.8 Å². The van der Waals surface area contributed by atoms with Gasteiger partial charge in [-0.25, -0.2) is 22.0 Å². The fraction of sp³-hybridized carbons (Fsp3) is 0.429. The number of hydrogen-bond donors (Lipinski definition) is 3. The van der Waals surface area contributed by atoms with Crippen molar-refractivity contribution in [3.63, 3.8) is 0 Å². The van der Waals surface area contributed by atoms with Gasteiger partial charge in [0.15, 0.2) is 0 Å². The summed E-state index contributed by atoms with van der Waals surface area (Å²) in [6.07, 6.45) is 5.84. The summed E-state index contributed by atoms with van der Waals surface area (Å²) in [5, 5.41) is 8.14. The Hall–Kier alpha value is -1.13. The lowest BCUT2D eigenvalue weighted by Gasteiger charge is -2.35. The van der Waals surface area contributed by atoms with Gasteiger partial charge in [0.05, 0.1) is 16.9 Å². The molecule has 130 valence electrons. The van der Waals surface area contributed by atoms with Crippen LogP contribution in [-0.4, -0.2) is 23.0 Å². The molecule has 2 bridgehead atoms. The standard InChI is InChI=1S/C14H16ClN3O4S2/c15-10-5-11-13(6-12(10)23(16,19)20)24(21,22)18-14(17-11)9-4-7-1-2-8(9)3-7/h1-2,5-9,14,17-18H,3-4H2,(H2,16,19,20)/t7-,8+,9+,14-/m1/s1. The van der Waals surface area contributed by atoms with Crippen LogP contribution < -0.4 is 15.2 Å². The third-order valence-electron chi connectivity index (χ3n) is 4.98. The van der Waals surface area contributed by atoms with Gasteiger partial charge in [0.2, 0.25) is 20.0 Å². The molecule has 1 saturated carbocycles. The Morgan fingerprint density at radius 1 is 1.21 bits per heavy atom. The zero-order chi connectivity index (χ0) is 17.3. The topological polar surface area (TPSA) is 118 Å². The van der Waals surface area contributed by atoms with E-state index >= 15 is 0 Å². The van der Waals surface area contributed by atoms with E-state index in [1.54, 1.807) is 0 Å². The molecule has 1 aromatic carbocycles. The fourth-order valence-corrected chi connectivity index (χ4v) is 6.47. The molecule has 4 rings (SSSR count). The number of allylic oxidation sites excluding steroid dienone is 2. The number of sulfonamides is 2. The zero-order valence-electron chi connectivity index (χ0n) is 12.4. The smallest absolute Gasteiger partial charge is 0.244 e. The van der Waals surface area contributed by atoms with E-state index in [1.807, 2.05) is 0 Å². The van der Waals surface area contributed by atoms with E-state index in [0.717, 1.165) is 18.9 Å². The number of halogens is 1. The van der Waals surface area contributed by atoms with Crippen molar-refractivity contribution in [2.75, 3.05) is 5.32 Å². The fourth-order valence-electron chi connectivity index (χ4n) is 3.92. The van der Waals surface area contributed by atoms with Gasteiger partial charge in [-0.2, -0.15) is 4.72 Å². The minimum absolute atomic E-state index is 0.104. The molecule has 2 aliphatic carbocycles. The first-order valence-corrected chi connectivity index (χ1v) is 10.9. The second-order valence-electron chi connectivity index (χ2n) is 6.51. The summed E-state index contributed by atoms with van der Waals surface area (Å²) in [6.45, 7) is 0. The quantitative estimate of drug-likeness (QED) is 0.657. The van der Waals surface area contributed by atoms with Gasteiger partial charge < -0.3 is 5.32 Å². The van der Waals surface area contributed by atoms with Crippen molar-refractivity contribution in [3.8, 4) is 0 Å². The summed E-state index contributed by atoms with van der Waals surface area (Å²) >= 11 is 5.98. The molecule has 3 aliphatic rings. The van der Waals surface area contributed by atoms with E-state index in [4.69, 9.17) is 16.7 Å². The predicted molar refractivity (Wildman–Crippen MR) is 89.4 cm³/mol. The number of nitrogens with one attached hydrogen (secondary N) is 2.